The van der Waals surface area contributed by atoms with Gasteiger partial charge in [0.05, 0.1) is 11.5 Å². The molecule has 0 saturated carbocycles. The Hall–Kier alpha value is -2.89. The van der Waals surface area contributed by atoms with Crippen LogP contribution in [0.1, 0.15) is 13.8 Å². The number of benzene rings is 2. The summed E-state index contributed by atoms with van der Waals surface area (Å²) in [4.78, 5) is 24.5. The summed E-state index contributed by atoms with van der Waals surface area (Å²) in [5.41, 5.74) is 1.36. The predicted octanol–water partition coefficient (Wildman–Crippen LogP) is 3.45. The van der Waals surface area contributed by atoms with E-state index in [0.29, 0.717) is 5.69 Å². The number of carbonyl (C=O) groups excluding carboxylic acids is 1. The average molecular weight is 313 g/mol. The van der Waals surface area contributed by atoms with E-state index in [0.717, 1.165) is 5.69 Å². The van der Waals surface area contributed by atoms with Gasteiger partial charge in [-0.05, 0) is 32.0 Å². The lowest BCUT2D eigenvalue weighted by Gasteiger charge is -2.27. The number of para-hydroxylation sites is 1. The largest absolute Gasteiger partial charge is 0.376 e. The summed E-state index contributed by atoms with van der Waals surface area (Å²) in [6.07, 6.45) is 0. The molecule has 0 bridgehead atoms. The molecule has 0 aliphatic heterocycles. The summed E-state index contributed by atoms with van der Waals surface area (Å²) in [5, 5.41) is 13.7. The number of nitrogens with zero attached hydrogens (tertiary/aromatic N) is 2. The number of hydrogen-bond donors (Lipinski definition) is 1. The topological polar surface area (TPSA) is 75.5 Å². The molecule has 0 atom stereocenters. The third-order valence-electron chi connectivity index (χ3n) is 3.32. The number of nitro benzene ring substituents is 1. The lowest BCUT2D eigenvalue weighted by Crippen LogP contribution is -2.40. The number of nitrogens with one attached hydrogen (secondary N) is 1. The van der Waals surface area contributed by atoms with Crippen LogP contribution in [0.3, 0.4) is 0 Å². The molecule has 6 nitrogen and oxygen atoms in total. The Kier molecular flexibility index (Phi) is 5.30. The van der Waals surface area contributed by atoms with Gasteiger partial charge in [-0.15, -0.1) is 0 Å². The highest BCUT2D eigenvalue weighted by molar-refractivity contribution is 5.96. The van der Waals surface area contributed by atoms with Crippen molar-refractivity contribution >= 4 is 23.0 Å². The van der Waals surface area contributed by atoms with Gasteiger partial charge in [0.25, 0.3) is 5.69 Å². The van der Waals surface area contributed by atoms with Gasteiger partial charge in [-0.2, -0.15) is 0 Å². The molecular weight excluding hydrogens is 294 g/mol. The van der Waals surface area contributed by atoms with Crippen molar-refractivity contribution in [3.63, 3.8) is 0 Å². The van der Waals surface area contributed by atoms with E-state index in [1.807, 2.05) is 44.2 Å². The minimum Gasteiger partial charge on any atom is -0.376 e. The number of anilines is 2. The summed E-state index contributed by atoms with van der Waals surface area (Å²) < 4.78 is 0. The summed E-state index contributed by atoms with van der Waals surface area (Å²) in [5.74, 6) is -0.0993. The van der Waals surface area contributed by atoms with Gasteiger partial charge in [-0.1, -0.05) is 24.3 Å². The lowest BCUT2D eigenvalue weighted by atomic mass is 10.2. The van der Waals surface area contributed by atoms with E-state index in [4.69, 9.17) is 0 Å². The van der Waals surface area contributed by atoms with Gasteiger partial charge in [0.15, 0.2) is 0 Å². The standard InChI is InChI=1S/C17H19N3O3/c1-13(2)19(15-8-4-3-5-9-15)17(21)12-18-14-7-6-10-16(11-14)20(22)23/h3-11,13,18H,12H2,1-2H3. The molecule has 2 aromatic carbocycles. The molecule has 0 aromatic heterocycles. The Labute approximate surface area is 134 Å². The van der Waals surface area contributed by atoms with Gasteiger partial charge >= 0.3 is 0 Å². The van der Waals surface area contributed by atoms with Crippen LogP contribution in [-0.2, 0) is 4.79 Å². The van der Waals surface area contributed by atoms with Crippen molar-refractivity contribution in [3.8, 4) is 0 Å². The normalized spacial score (nSPS) is 10.4. The van der Waals surface area contributed by atoms with Gasteiger partial charge in [0.1, 0.15) is 0 Å². The summed E-state index contributed by atoms with van der Waals surface area (Å²) in [7, 11) is 0. The fourth-order valence-corrected chi connectivity index (χ4v) is 2.31. The number of nitro groups is 1. The molecule has 0 saturated heterocycles. The van der Waals surface area contributed by atoms with Crippen LogP contribution < -0.4 is 10.2 Å². The second-order valence-electron chi connectivity index (χ2n) is 5.35. The van der Waals surface area contributed by atoms with Gasteiger partial charge in [-0.3, -0.25) is 14.9 Å². The van der Waals surface area contributed by atoms with Gasteiger partial charge in [-0.25, -0.2) is 0 Å². The third kappa shape index (κ3) is 4.29. The Bertz CT molecular complexity index is 686. The molecule has 0 heterocycles. The summed E-state index contributed by atoms with van der Waals surface area (Å²) in [6, 6.07) is 15.5. The van der Waals surface area contributed by atoms with Crippen LogP contribution in [-0.4, -0.2) is 23.4 Å². The number of non-ortho nitro benzene ring substituents is 1. The van der Waals surface area contributed by atoms with Crippen molar-refractivity contribution < 1.29 is 9.72 Å². The monoisotopic (exact) mass is 313 g/mol. The first-order chi connectivity index (χ1) is 11.0. The number of amides is 1. The van der Waals surface area contributed by atoms with E-state index in [-0.39, 0.29) is 24.2 Å². The molecule has 1 amide bonds. The number of hydrogen-bond acceptors (Lipinski definition) is 4. The summed E-state index contributed by atoms with van der Waals surface area (Å²) >= 11 is 0. The SMILES string of the molecule is CC(C)N(C(=O)CNc1cccc([N+](=O)[O-])c1)c1ccccc1. The average Bonchev–Trinajstić information content (AvgIpc) is 2.54. The maximum atomic E-state index is 12.5. The van der Waals surface area contributed by atoms with E-state index in [1.165, 1.54) is 12.1 Å². The lowest BCUT2D eigenvalue weighted by molar-refractivity contribution is -0.384. The Balaban J connectivity index is 2.08. The van der Waals surface area contributed by atoms with E-state index in [1.54, 1.807) is 17.0 Å². The van der Waals surface area contributed by atoms with Crippen LogP contribution in [0.5, 0.6) is 0 Å². The van der Waals surface area contributed by atoms with E-state index in [9.17, 15) is 14.9 Å². The molecule has 0 unspecified atom stereocenters. The van der Waals surface area contributed by atoms with Crippen LogP contribution in [0, 0.1) is 10.1 Å². The first-order valence-corrected chi connectivity index (χ1v) is 7.34. The molecule has 120 valence electrons. The molecule has 0 aliphatic rings. The zero-order valence-corrected chi connectivity index (χ0v) is 13.1. The second kappa shape index (κ2) is 7.40. The molecular formula is C17H19N3O3. The highest BCUT2D eigenvalue weighted by atomic mass is 16.6. The van der Waals surface area contributed by atoms with Gasteiger partial charge in [0, 0.05) is 29.5 Å². The van der Waals surface area contributed by atoms with Crippen molar-refractivity contribution in [3.05, 3.63) is 64.7 Å². The molecule has 6 heteroatoms. The van der Waals surface area contributed by atoms with Crippen LogP contribution in [0.2, 0.25) is 0 Å². The highest BCUT2D eigenvalue weighted by Crippen LogP contribution is 2.19. The van der Waals surface area contributed by atoms with Crippen molar-refractivity contribution in [1.82, 2.24) is 0 Å². The van der Waals surface area contributed by atoms with Crippen molar-refractivity contribution in [2.75, 3.05) is 16.8 Å². The quantitative estimate of drug-likeness (QED) is 0.654. The molecule has 23 heavy (non-hydrogen) atoms. The number of carbonyl (C=O) groups is 1. The fraction of sp³-hybridized carbons (Fsp3) is 0.235. The van der Waals surface area contributed by atoms with Gasteiger partial charge in [0.2, 0.25) is 5.91 Å². The molecule has 0 radical (unpaired) electrons. The van der Waals surface area contributed by atoms with Gasteiger partial charge < -0.3 is 10.2 Å². The zero-order valence-electron chi connectivity index (χ0n) is 13.1. The van der Waals surface area contributed by atoms with E-state index in [2.05, 4.69) is 5.32 Å². The zero-order chi connectivity index (χ0) is 16.8. The highest BCUT2D eigenvalue weighted by Gasteiger charge is 2.18. The second-order valence-corrected chi connectivity index (χ2v) is 5.35. The first kappa shape index (κ1) is 16.5. The minimum absolute atomic E-state index is 0.00813. The maximum absolute atomic E-state index is 12.5. The van der Waals surface area contributed by atoms with Crippen molar-refractivity contribution in [2.45, 2.75) is 19.9 Å². The van der Waals surface area contributed by atoms with Crippen molar-refractivity contribution in [1.29, 1.82) is 0 Å². The third-order valence-corrected chi connectivity index (χ3v) is 3.32. The Morgan fingerprint density at radius 2 is 1.87 bits per heavy atom. The molecule has 0 aliphatic carbocycles. The molecule has 2 rings (SSSR count). The van der Waals surface area contributed by atoms with E-state index < -0.39 is 4.92 Å². The fourth-order valence-electron chi connectivity index (χ4n) is 2.31. The van der Waals surface area contributed by atoms with E-state index >= 15 is 0 Å². The van der Waals surface area contributed by atoms with Crippen LogP contribution in [0.25, 0.3) is 0 Å². The Morgan fingerprint density at radius 1 is 1.17 bits per heavy atom. The minimum atomic E-state index is -0.461. The molecule has 0 spiro atoms. The smallest absolute Gasteiger partial charge is 0.271 e. The predicted molar refractivity (Wildman–Crippen MR) is 90.7 cm³/mol. The first-order valence-electron chi connectivity index (χ1n) is 7.34. The molecule has 0 fully saturated rings. The Morgan fingerprint density at radius 3 is 2.48 bits per heavy atom. The molecule has 1 N–H and O–H groups in total. The maximum Gasteiger partial charge on any atom is 0.271 e. The van der Waals surface area contributed by atoms with Crippen LogP contribution >= 0.6 is 0 Å². The molecule has 2 aromatic rings. The van der Waals surface area contributed by atoms with Crippen molar-refractivity contribution in [2.24, 2.45) is 0 Å². The summed E-state index contributed by atoms with van der Waals surface area (Å²) in [6.45, 7) is 3.95. The number of rotatable bonds is 6. The van der Waals surface area contributed by atoms with Crippen LogP contribution in [0.4, 0.5) is 17.1 Å². The van der Waals surface area contributed by atoms with Crippen LogP contribution in [0.15, 0.2) is 54.6 Å².